The molecule has 0 radical (unpaired) electrons. The topological polar surface area (TPSA) is 18.5 Å². The van der Waals surface area contributed by atoms with Crippen LogP contribution in [0.25, 0.3) is 0 Å². The molecule has 0 saturated carbocycles. The maximum absolute atomic E-state index is 5.57. The summed E-state index contributed by atoms with van der Waals surface area (Å²) in [6.45, 7) is 14.0. The molecule has 0 bridgehead atoms. The summed E-state index contributed by atoms with van der Waals surface area (Å²) < 4.78 is 11.1. The first-order valence-electron chi connectivity index (χ1n) is 5.78. The molecule has 2 nitrogen and oxygen atoms in total. The highest BCUT2D eigenvalue weighted by Crippen LogP contribution is 2.35. The van der Waals surface area contributed by atoms with E-state index in [1.807, 2.05) is 0 Å². The van der Waals surface area contributed by atoms with Crippen molar-refractivity contribution in [3.05, 3.63) is 0 Å². The molecule has 0 N–H and O–H groups in total. The molecule has 5 heteroatoms. The van der Waals surface area contributed by atoms with Crippen LogP contribution in [-0.4, -0.2) is 35.8 Å². The van der Waals surface area contributed by atoms with Crippen LogP contribution < -0.4 is 0 Å². The van der Waals surface area contributed by atoms with Crippen LogP contribution in [0.15, 0.2) is 0 Å². The van der Waals surface area contributed by atoms with Gasteiger partial charge in [0.05, 0.1) is 0 Å². The molecule has 0 atom stereocenters. The summed E-state index contributed by atoms with van der Waals surface area (Å²) in [6, 6.07) is 1.06. The Balaban J connectivity index is 4.34. The van der Waals surface area contributed by atoms with E-state index in [9.17, 15) is 0 Å². The fourth-order valence-corrected chi connectivity index (χ4v) is 7.46. The van der Waals surface area contributed by atoms with Crippen molar-refractivity contribution in [3.63, 3.8) is 0 Å². The highest BCUT2D eigenvalue weighted by atomic mass is 32.4. The second-order valence-electron chi connectivity index (χ2n) is 6.28. The van der Waals surface area contributed by atoms with Crippen molar-refractivity contribution >= 4 is 27.0 Å². The largest absolute Gasteiger partial charge is 0.398 e. The van der Waals surface area contributed by atoms with Gasteiger partial charge in [-0.05, 0) is 23.8 Å². The molecular formula is C11H28O2SSi2. The van der Waals surface area contributed by atoms with Crippen molar-refractivity contribution in [2.24, 2.45) is 5.41 Å². The third-order valence-corrected chi connectivity index (χ3v) is 10.7. The fraction of sp³-hybridized carbons (Fsp3) is 1.00. The molecule has 0 fully saturated rings. The minimum absolute atomic E-state index is 0.304. The molecule has 0 aliphatic heterocycles. The zero-order chi connectivity index (χ0) is 13.0. The highest BCUT2D eigenvalue weighted by molar-refractivity contribution is 8.28. The third-order valence-electron chi connectivity index (χ3n) is 2.56. The van der Waals surface area contributed by atoms with Gasteiger partial charge in [-0.3, -0.25) is 0 Å². The second kappa shape index (κ2) is 6.04. The minimum atomic E-state index is -1.93. The van der Waals surface area contributed by atoms with Gasteiger partial charge in [-0.2, -0.15) is 11.2 Å². The third kappa shape index (κ3) is 7.11. The first-order chi connectivity index (χ1) is 7.04. The van der Waals surface area contributed by atoms with E-state index >= 15 is 0 Å². The Bertz CT molecular complexity index is 211. The van der Waals surface area contributed by atoms with Gasteiger partial charge in [0.2, 0.25) is 0 Å². The molecule has 0 rings (SSSR count). The lowest BCUT2D eigenvalue weighted by atomic mass is 10.00. The van der Waals surface area contributed by atoms with E-state index in [-0.39, 0.29) is 0 Å². The summed E-state index contributed by atoms with van der Waals surface area (Å²) in [6.07, 6.45) is 0. The first-order valence-corrected chi connectivity index (χ1v) is 13.5. The molecule has 0 spiro atoms. The minimum Gasteiger partial charge on any atom is -0.398 e. The molecule has 16 heavy (non-hydrogen) atoms. The standard InChI is InChI=1S/C11H28O2SSi2/c1-11(2,9-14-15(5,6)7)10-16(8,12-3)13-4/h9-10H2,1-8H3. The van der Waals surface area contributed by atoms with Crippen LogP contribution in [0.3, 0.4) is 0 Å². The monoisotopic (exact) mass is 280 g/mol. The maximum Gasteiger partial charge on any atom is 0.334 e. The molecule has 0 aliphatic carbocycles. The predicted octanol–water partition coefficient (Wildman–Crippen LogP) is 3.95. The molecule has 0 heterocycles. The van der Waals surface area contributed by atoms with Crippen LogP contribution in [0.2, 0.25) is 32.2 Å². The summed E-state index contributed by atoms with van der Waals surface area (Å²) in [4.78, 5) is 0. The molecule has 98 valence electrons. The molecule has 0 amide bonds. The summed E-state index contributed by atoms with van der Waals surface area (Å²) >= 11 is 2.15. The lowest BCUT2D eigenvalue weighted by Gasteiger charge is -2.34. The summed E-state index contributed by atoms with van der Waals surface area (Å²) in [5.74, 6) is 1.21. The number of hydrogen-bond donors (Lipinski definition) is 0. The van der Waals surface area contributed by atoms with Gasteiger partial charge in [0, 0.05) is 14.2 Å². The van der Waals surface area contributed by atoms with Gasteiger partial charge in [-0.1, -0.05) is 33.5 Å². The first kappa shape index (κ1) is 16.7. The highest BCUT2D eigenvalue weighted by Gasteiger charge is 2.37. The summed E-state index contributed by atoms with van der Waals surface area (Å²) in [5, 5.41) is 0. The number of rotatable bonds is 7. The second-order valence-corrected chi connectivity index (χ2v) is 19.1. The van der Waals surface area contributed by atoms with Crippen molar-refractivity contribution in [2.75, 3.05) is 20.0 Å². The normalized spacial score (nSPS) is 14.2. The lowest BCUT2D eigenvalue weighted by molar-refractivity contribution is 0.233. The molecule has 0 unspecified atom stereocenters. The average Bonchev–Trinajstić information content (AvgIpc) is 2.13. The van der Waals surface area contributed by atoms with Crippen LogP contribution >= 0.6 is 11.2 Å². The Morgan fingerprint density at radius 2 is 1.44 bits per heavy atom. The van der Waals surface area contributed by atoms with Crippen molar-refractivity contribution in [3.8, 4) is 0 Å². The van der Waals surface area contributed by atoms with Crippen LogP contribution in [0, 0.1) is 5.41 Å². The molecule has 0 aromatic rings. The quantitative estimate of drug-likeness (QED) is 0.658. The van der Waals surface area contributed by atoms with E-state index in [1.54, 1.807) is 14.2 Å². The van der Waals surface area contributed by atoms with E-state index in [4.69, 9.17) is 8.85 Å². The fourth-order valence-electron chi connectivity index (χ4n) is 1.56. The van der Waals surface area contributed by atoms with Crippen LogP contribution in [0.1, 0.15) is 13.8 Å². The Labute approximate surface area is 107 Å². The van der Waals surface area contributed by atoms with Crippen molar-refractivity contribution in [1.29, 1.82) is 0 Å². The Kier molecular flexibility index (Phi) is 6.31. The summed E-state index contributed by atoms with van der Waals surface area (Å²) in [5.41, 5.74) is 0.304. The Morgan fingerprint density at radius 3 is 1.75 bits per heavy atom. The molecule has 0 aromatic heterocycles. The average molecular weight is 281 g/mol. The predicted molar refractivity (Wildman–Crippen MR) is 80.0 cm³/mol. The van der Waals surface area contributed by atoms with Crippen LogP contribution in [0.5, 0.6) is 0 Å². The van der Waals surface area contributed by atoms with Gasteiger partial charge in [0.25, 0.3) is 0 Å². The molecular weight excluding hydrogens is 252 g/mol. The zero-order valence-electron chi connectivity index (χ0n) is 12.1. The van der Waals surface area contributed by atoms with Crippen molar-refractivity contribution < 1.29 is 8.85 Å². The summed E-state index contributed by atoms with van der Waals surface area (Å²) in [7, 11) is 0.611. The van der Waals surface area contributed by atoms with Gasteiger partial charge in [-0.25, -0.2) is 0 Å². The Morgan fingerprint density at radius 1 is 1.00 bits per heavy atom. The van der Waals surface area contributed by atoms with E-state index in [0.29, 0.717) is 5.41 Å². The van der Waals surface area contributed by atoms with Crippen molar-refractivity contribution in [2.45, 2.75) is 46.1 Å². The molecule has 0 aromatic carbocycles. The van der Waals surface area contributed by atoms with E-state index < -0.39 is 15.8 Å². The smallest absolute Gasteiger partial charge is 0.334 e. The zero-order valence-corrected chi connectivity index (χ0v) is 15.0. The van der Waals surface area contributed by atoms with E-state index in [1.165, 1.54) is 5.75 Å². The van der Waals surface area contributed by atoms with E-state index in [0.717, 1.165) is 6.04 Å². The Hall–Kier alpha value is 0.704. The number of hydrogen-bond acceptors (Lipinski definition) is 3. The lowest BCUT2D eigenvalue weighted by Crippen LogP contribution is -2.41. The van der Waals surface area contributed by atoms with Gasteiger partial charge in [0.1, 0.15) is 7.22 Å². The van der Waals surface area contributed by atoms with Crippen LogP contribution in [-0.2, 0) is 8.85 Å². The van der Waals surface area contributed by atoms with Gasteiger partial charge in [-0.15, -0.1) is 0 Å². The molecule has 0 aliphatic rings. The maximum atomic E-state index is 5.57. The van der Waals surface area contributed by atoms with Crippen molar-refractivity contribution in [1.82, 2.24) is 0 Å². The molecule has 0 saturated heterocycles. The van der Waals surface area contributed by atoms with Gasteiger partial charge >= 0.3 is 8.56 Å². The van der Waals surface area contributed by atoms with E-state index in [2.05, 4.69) is 51.2 Å². The SMILES string of the molecule is CO[Si](C)(CC(C)(C)CS[Si](C)(C)C)OC. The van der Waals surface area contributed by atoms with Crippen LogP contribution in [0.4, 0.5) is 0 Å². The van der Waals surface area contributed by atoms with Gasteiger partial charge in [0.15, 0.2) is 0 Å². The van der Waals surface area contributed by atoms with Gasteiger partial charge < -0.3 is 8.85 Å².